The van der Waals surface area contributed by atoms with Gasteiger partial charge in [0.05, 0.1) is 5.56 Å². The number of aromatic carboxylic acids is 1. The Morgan fingerprint density at radius 1 is 0.826 bits per heavy atom. The summed E-state index contributed by atoms with van der Waals surface area (Å²) in [6.45, 7) is 0. The fourth-order valence-electron chi connectivity index (χ4n) is 2.36. The maximum absolute atomic E-state index is 11.0. The van der Waals surface area contributed by atoms with Gasteiger partial charge in [-0.25, -0.2) is 4.79 Å². The van der Waals surface area contributed by atoms with Crippen LogP contribution in [0.25, 0.3) is 11.6 Å². The molecule has 0 aliphatic heterocycles. The topological polar surface area (TPSA) is 50.2 Å². The number of benzene rings is 2. The second-order valence-corrected chi connectivity index (χ2v) is 5.09. The summed E-state index contributed by atoms with van der Waals surface area (Å²) in [6.07, 6.45) is 5.61. The molecule has 3 nitrogen and oxygen atoms in total. The highest BCUT2D eigenvalue weighted by atomic mass is 16.4. The molecule has 23 heavy (non-hydrogen) atoms. The smallest absolute Gasteiger partial charge is 0.335 e. The molecule has 0 fully saturated rings. The zero-order chi connectivity index (χ0) is 16.1. The zero-order valence-electron chi connectivity index (χ0n) is 12.4. The fourth-order valence-corrected chi connectivity index (χ4v) is 2.36. The standard InChI is InChI=1S/C20H15NO2/c22-20(23)17-10-8-15(9-11-17)13-19(16-5-2-1-3-6-16)18-7-4-12-21-14-18/h1-14H,(H,22,23)/b19-13+. The second-order valence-electron chi connectivity index (χ2n) is 5.09. The lowest BCUT2D eigenvalue weighted by Gasteiger charge is -2.08. The number of hydrogen-bond donors (Lipinski definition) is 1. The van der Waals surface area contributed by atoms with E-state index < -0.39 is 5.97 Å². The molecular formula is C20H15NO2. The minimum atomic E-state index is -0.920. The van der Waals surface area contributed by atoms with E-state index in [1.807, 2.05) is 66.9 Å². The van der Waals surface area contributed by atoms with Gasteiger partial charge in [0.1, 0.15) is 0 Å². The van der Waals surface area contributed by atoms with Crippen molar-refractivity contribution >= 4 is 17.6 Å². The third kappa shape index (κ3) is 3.52. The van der Waals surface area contributed by atoms with Crippen LogP contribution in [0, 0.1) is 0 Å². The summed E-state index contributed by atoms with van der Waals surface area (Å²) in [5.74, 6) is -0.920. The van der Waals surface area contributed by atoms with E-state index in [9.17, 15) is 4.79 Å². The van der Waals surface area contributed by atoms with Gasteiger partial charge in [0.15, 0.2) is 0 Å². The highest BCUT2D eigenvalue weighted by Gasteiger charge is 2.06. The van der Waals surface area contributed by atoms with Crippen molar-refractivity contribution in [3.63, 3.8) is 0 Å². The predicted molar refractivity (Wildman–Crippen MR) is 91.1 cm³/mol. The van der Waals surface area contributed by atoms with E-state index in [1.54, 1.807) is 18.3 Å². The minimum absolute atomic E-state index is 0.282. The molecule has 3 rings (SSSR count). The maximum atomic E-state index is 11.0. The Morgan fingerprint density at radius 2 is 1.52 bits per heavy atom. The van der Waals surface area contributed by atoms with Gasteiger partial charge in [-0.2, -0.15) is 0 Å². The fraction of sp³-hybridized carbons (Fsp3) is 0. The van der Waals surface area contributed by atoms with Crippen molar-refractivity contribution in [1.29, 1.82) is 0 Å². The molecule has 1 N–H and O–H groups in total. The van der Waals surface area contributed by atoms with Crippen LogP contribution in [0.5, 0.6) is 0 Å². The van der Waals surface area contributed by atoms with Gasteiger partial charge < -0.3 is 5.11 Å². The Labute approximate surface area is 134 Å². The summed E-state index contributed by atoms with van der Waals surface area (Å²) >= 11 is 0. The average Bonchev–Trinajstić information content (AvgIpc) is 2.61. The van der Waals surface area contributed by atoms with E-state index in [4.69, 9.17) is 5.11 Å². The average molecular weight is 301 g/mol. The van der Waals surface area contributed by atoms with E-state index in [1.165, 1.54) is 0 Å². The molecule has 0 amide bonds. The van der Waals surface area contributed by atoms with Crippen molar-refractivity contribution in [2.45, 2.75) is 0 Å². The van der Waals surface area contributed by atoms with Gasteiger partial charge in [0.25, 0.3) is 0 Å². The highest BCUT2D eigenvalue weighted by Crippen LogP contribution is 2.25. The molecule has 112 valence electrons. The van der Waals surface area contributed by atoms with Gasteiger partial charge >= 0.3 is 5.97 Å². The molecule has 1 heterocycles. The van der Waals surface area contributed by atoms with E-state index in [-0.39, 0.29) is 5.56 Å². The van der Waals surface area contributed by atoms with Crippen LogP contribution in [0.1, 0.15) is 27.0 Å². The number of nitrogens with zero attached hydrogens (tertiary/aromatic N) is 1. The van der Waals surface area contributed by atoms with Crippen LogP contribution < -0.4 is 0 Å². The molecular weight excluding hydrogens is 286 g/mol. The van der Waals surface area contributed by atoms with Crippen LogP contribution in [0.2, 0.25) is 0 Å². The molecule has 3 aromatic rings. The summed E-state index contributed by atoms with van der Waals surface area (Å²) in [5.41, 5.74) is 4.37. The first kappa shape index (κ1) is 14.7. The van der Waals surface area contributed by atoms with Crippen molar-refractivity contribution in [2.75, 3.05) is 0 Å². The summed E-state index contributed by atoms with van der Waals surface area (Å²) in [7, 11) is 0. The molecule has 0 aliphatic carbocycles. The Kier molecular flexibility index (Phi) is 4.29. The van der Waals surface area contributed by atoms with E-state index in [0.29, 0.717) is 0 Å². The van der Waals surface area contributed by atoms with Gasteiger partial charge in [-0.15, -0.1) is 0 Å². The largest absolute Gasteiger partial charge is 0.478 e. The second kappa shape index (κ2) is 6.71. The van der Waals surface area contributed by atoms with Gasteiger partial charge in [0, 0.05) is 18.0 Å². The molecule has 0 saturated heterocycles. The minimum Gasteiger partial charge on any atom is -0.478 e. The van der Waals surface area contributed by atoms with Crippen LogP contribution in [0.3, 0.4) is 0 Å². The van der Waals surface area contributed by atoms with Crippen LogP contribution in [-0.2, 0) is 0 Å². The van der Waals surface area contributed by atoms with Crippen molar-refractivity contribution in [2.24, 2.45) is 0 Å². The first-order valence-corrected chi connectivity index (χ1v) is 7.25. The Bertz CT molecular complexity index is 781. The third-order valence-corrected chi connectivity index (χ3v) is 3.53. The number of carboxylic acids is 1. The highest BCUT2D eigenvalue weighted by molar-refractivity contribution is 5.92. The summed E-state index contributed by atoms with van der Waals surface area (Å²) in [6, 6.07) is 20.8. The van der Waals surface area contributed by atoms with E-state index in [2.05, 4.69) is 4.98 Å². The molecule has 0 atom stereocenters. The lowest BCUT2D eigenvalue weighted by molar-refractivity contribution is 0.0697. The third-order valence-electron chi connectivity index (χ3n) is 3.53. The predicted octanol–water partition coefficient (Wildman–Crippen LogP) is 4.37. The number of rotatable bonds is 4. The molecule has 0 unspecified atom stereocenters. The SMILES string of the molecule is O=C(O)c1ccc(/C=C(\c2ccccc2)c2cccnc2)cc1. The molecule has 2 aromatic carbocycles. The summed E-state index contributed by atoms with van der Waals surface area (Å²) in [5, 5.41) is 8.99. The number of aromatic nitrogens is 1. The van der Waals surface area contributed by atoms with Crippen LogP contribution in [0.4, 0.5) is 0 Å². The quantitative estimate of drug-likeness (QED) is 0.728. The summed E-state index contributed by atoms with van der Waals surface area (Å²) in [4.78, 5) is 15.1. The van der Waals surface area contributed by atoms with Crippen LogP contribution in [-0.4, -0.2) is 16.1 Å². The van der Waals surface area contributed by atoms with Crippen molar-refractivity contribution in [3.8, 4) is 0 Å². The Balaban J connectivity index is 2.06. The van der Waals surface area contributed by atoms with Crippen molar-refractivity contribution in [3.05, 3.63) is 101 Å². The number of hydrogen-bond acceptors (Lipinski definition) is 2. The van der Waals surface area contributed by atoms with Crippen LogP contribution >= 0.6 is 0 Å². The Morgan fingerprint density at radius 3 is 2.13 bits per heavy atom. The molecule has 3 heteroatoms. The molecule has 0 radical (unpaired) electrons. The van der Waals surface area contributed by atoms with Crippen molar-refractivity contribution in [1.82, 2.24) is 4.98 Å². The van der Waals surface area contributed by atoms with E-state index >= 15 is 0 Å². The van der Waals surface area contributed by atoms with Gasteiger partial charge in [0.2, 0.25) is 0 Å². The van der Waals surface area contributed by atoms with Crippen molar-refractivity contribution < 1.29 is 9.90 Å². The summed E-state index contributed by atoms with van der Waals surface area (Å²) < 4.78 is 0. The maximum Gasteiger partial charge on any atom is 0.335 e. The normalized spacial score (nSPS) is 11.2. The zero-order valence-corrected chi connectivity index (χ0v) is 12.4. The first-order valence-electron chi connectivity index (χ1n) is 7.25. The number of carboxylic acid groups (broad SMARTS) is 1. The first-order chi connectivity index (χ1) is 11.2. The lowest BCUT2D eigenvalue weighted by Crippen LogP contribution is -1.95. The molecule has 0 saturated carbocycles. The Hall–Kier alpha value is -3.20. The number of carbonyl (C=O) groups is 1. The lowest BCUT2D eigenvalue weighted by atomic mass is 9.96. The van der Waals surface area contributed by atoms with Gasteiger partial charge in [-0.1, -0.05) is 48.5 Å². The molecule has 0 spiro atoms. The monoisotopic (exact) mass is 301 g/mol. The molecule has 0 aliphatic rings. The van der Waals surface area contributed by atoms with Gasteiger partial charge in [-0.05, 0) is 41.0 Å². The van der Waals surface area contributed by atoms with Crippen LogP contribution in [0.15, 0.2) is 79.1 Å². The number of pyridine rings is 1. The van der Waals surface area contributed by atoms with Gasteiger partial charge in [-0.3, -0.25) is 4.98 Å². The molecule has 1 aromatic heterocycles. The van der Waals surface area contributed by atoms with E-state index in [0.717, 1.165) is 22.3 Å². The molecule has 0 bridgehead atoms.